The van der Waals surface area contributed by atoms with E-state index >= 15 is 0 Å². The molecule has 1 aliphatic carbocycles. The maximum Gasteiger partial charge on any atom is 0.337 e. The predicted molar refractivity (Wildman–Crippen MR) is 50.9 cm³/mol. The molecule has 82 valence electrons. The van der Waals surface area contributed by atoms with Gasteiger partial charge in [-0.2, -0.15) is 0 Å². The van der Waals surface area contributed by atoms with Gasteiger partial charge in [-0.15, -0.1) is 0 Å². The molecule has 2 heterocycles. The lowest BCUT2D eigenvalue weighted by Gasteiger charge is -2.29. The molecule has 1 saturated carbocycles. The van der Waals surface area contributed by atoms with E-state index in [4.69, 9.17) is 14.2 Å². The highest BCUT2D eigenvalue weighted by Crippen LogP contribution is 2.59. The normalized spacial score (nSPS) is 46.0. The van der Waals surface area contributed by atoms with Crippen LogP contribution in [0.15, 0.2) is 11.8 Å². The third kappa shape index (κ3) is 1.08. The van der Waals surface area contributed by atoms with Gasteiger partial charge in [0.05, 0.1) is 37.3 Å². The Morgan fingerprint density at radius 3 is 3.20 bits per heavy atom. The fourth-order valence-corrected chi connectivity index (χ4v) is 2.95. The number of carbonyl (C=O) groups is 1. The zero-order valence-corrected chi connectivity index (χ0v) is 8.86. The number of rotatable bonds is 1. The van der Waals surface area contributed by atoms with Gasteiger partial charge in [-0.05, 0) is 13.3 Å². The van der Waals surface area contributed by atoms with E-state index in [1.54, 1.807) is 6.26 Å². The third-order valence-electron chi connectivity index (χ3n) is 3.97. The third-order valence-corrected chi connectivity index (χ3v) is 3.97. The highest BCUT2D eigenvalue weighted by atomic mass is 16.6. The van der Waals surface area contributed by atoms with Crippen molar-refractivity contribution in [1.29, 1.82) is 0 Å². The summed E-state index contributed by atoms with van der Waals surface area (Å²) in [4.78, 5) is 11.5. The van der Waals surface area contributed by atoms with Gasteiger partial charge in [0.1, 0.15) is 0 Å². The summed E-state index contributed by atoms with van der Waals surface area (Å²) in [6.45, 7) is 2.75. The fourth-order valence-electron chi connectivity index (χ4n) is 2.95. The Hall–Kier alpha value is -1.03. The van der Waals surface area contributed by atoms with Crippen molar-refractivity contribution < 1.29 is 19.0 Å². The van der Waals surface area contributed by atoms with Crippen molar-refractivity contribution in [3.63, 3.8) is 0 Å². The first-order valence-electron chi connectivity index (χ1n) is 5.24. The predicted octanol–water partition coefficient (Wildman–Crippen LogP) is 0.867. The summed E-state index contributed by atoms with van der Waals surface area (Å²) in [5.41, 5.74) is 0.615. The van der Waals surface area contributed by atoms with E-state index in [2.05, 4.69) is 6.92 Å². The molecule has 2 fully saturated rings. The molecular formula is C11H14O4. The van der Waals surface area contributed by atoms with E-state index in [-0.39, 0.29) is 17.5 Å². The molecule has 3 rings (SSSR count). The Balaban J connectivity index is 1.88. The molecule has 0 bridgehead atoms. The van der Waals surface area contributed by atoms with Crippen LogP contribution in [0.2, 0.25) is 0 Å². The van der Waals surface area contributed by atoms with Gasteiger partial charge >= 0.3 is 5.97 Å². The van der Waals surface area contributed by atoms with Crippen LogP contribution in [0.25, 0.3) is 0 Å². The number of carbonyl (C=O) groups excluding carboxylic acids is 1. The van der Waals surface area contributed by atoms with Crippen LogP contribution >= 0.6 is 0 Å². The molecule has 15 heavy (non-hydrogen) atoms. The number of hydrogen-bond donors (Lipinski definition) is 0. The molecule has 0 radical (unpaired) electrons. The average molecular weight is 210 g/mol. The van der Waals surface area contributed by atoms with Gasteiger partial charge in [0.2, 0.25) is 0 Å². The molecule has 0 amide bonds. The van der Waals surface area contributed by atoms with Crippen LogP contribution in [0.4, 0.5) is 0 Å². The number of ether oxygens (including phenoxy) is 3. The molecule has 0 aromatic heterocycles. The van der Waals surface area contributed by atoms with Crippen molar-refractivity contribution in [1.82, 2.24) is 0 Å². The van der Waals surface area contributed by atoms with Gasteiger partial charge in [-0.1, -0.05) is 0 Å². The number of methoxy groups -OCH3 is 1. The number of hydrogen-bond acceptors (Lipinski definition) is 4. The van der Waals surface area contributed by atoms with Crippen LogP contribution < -0.4 is 0 Å². The standard InChI is InChI=1S/C11H14O4/c1-11-8-5-14-4-7(10(12)13-2)6(8)3-9(11)15-11/h4,6,8-9H,3,5H2,1-2H3. The smallest absolute Gasteiger partial charge is 0.337 e. The highest BCUT2D eigenvalue weighted by Gasteiger charge is 2.67. The fraction of sp³-hybridized carbons (Fsp3) is 0.727. The summed E-state index contributed by atoms with van der Waals surface area (Å²) in [6.07, 6.45) is 2.79. The van der Waals surface area contributed by atoms with E-state index < -0.39 is 0 Å². The van der Waals surface area contributed by atoms with Gasteiger partial charge in [0.15, 0.2) is 0 Å². The summed E-state index contributed by atoms with van der Waals surface area (Å²) in [6, 6.07) is 0. The zero-order chi connectivity index (χ0) is 10.6. The molecule has 1 saturated heterocycles. The van der Waals surface area contributed by atoms with Gasteiger partial charge in [0, 0.05) is 11.8 Å². The minimum atomic E-state index is -0.269. The van der Waals surface area contributed by atoms with E-state index in [1.165, 1.54) is 7.11 Å². The SMILES string of the molecule is COC(=O)C1=COCC2C1CC1OC12C. The topological polar surface area (TPSA) is 48.1 Å². The lowest BCUT2D eigenvalue weighted by Crippen LogP contribution is -2.33. The Morgan fingerprint density at radius 2 is 2.47 bits per heavy atom. The van der Waals surface area contributed by atoms with Crippen LogP contribution in [0.3, 0.4) is 0 Å². The number of fused-ring (bicyclic) bond motifs is 3. The molecule has 0 N–H and O–H groups in total. The minimum absolute atomic E-state index is 0.0573. The van der Waals surface area contributed by atoms with Crippen molar-refractivity contribution in [2.45, 2.75) is 25.0 Å². The number of epoxide rings is 1. The monoisotopic (exact) mass is 210 g/mol. The van der Waals surface area contributed by atoms with E-state index in [0.29, 0.717) is 24.2 Å². The molecule has 0 spiro atoms. The van der Waals surface area contributed by atoms with Crippen LogP contribution in [0, 0.1) is 11.8 Å². The van der Waals surface area contributed by atoms with E-state index in [1.807, 2.05) is 0 Å². The van der Waals surface area contributed by atoms with Gasteiger partial charge in [0.25, 0.3) is 0 Å². The maximum absolute atomic E-state index is 11.5. The molecule has 3 aliphatic rings. The van der Waals surface area contributed by atoms with Crippen molar-refractivity contribution >= 4 is 5.97 Å². The van der Waals surface area contributed by atoms with Gasteiger partial charge in [-0.3, -0.25) is 0 Å². The first-order chi connectivity index (χ1) is 7.16. The Labute approximate surface area is 88.2 Å². The maximum atomic E-state index is 11.5. The van der Waals surface area contributed by atoms with Gasteiger partial charge in [-0.25, -0.2) is 4.79 Å². The Bertz CT molecular complexity index is 348. The van der Waals surface area contributed by atoms with Gasteiger partial charge < -0.3 is 14.2 Å². The molecule has 0 aromatic carbocycles. The van der Waals surface area contributed by atoms with Crippen molar-refractivity contribution in [2.75, 3.05) is 13.7 Å². The lowest BCUT2D eigenvalue weighted by atomic mass is 9.83. The van der Waals surface area contributed by atoms with Crippen LogP contribution in [-0.2, 0) is 19.0 Å². The second-order valence-corrected chi connectivity index (χ2v) is 4.64. The van der Waals surface area contributed by atoms with Crippen LogP contribution in [-0.4, -0.2) is 31.4 Å². The van der Waals surface area contributed by atoms with E-state index in [9.17, 15) is 4.79 Å². The summed E-state index contributed by atoms with van der Waals surface area (Å²) < 4.78 is 15.7. The van der Waals surface area contributed by atoms with Crippen LogP contribution in [0.1, 0.15) is 13.3 Å². The second kappa shape index (κ2) is 2.76. The molecule has 0 aromatic rings. The molecular weight excluding hydrogens is 196 g/mol. The van der Waals surface area contributed by atoms with Crippen LogP contribution in [0.5, 0.6) is 0 Å². The summed E-state index contributed by atoms with van der Waals surface area (Å²) >= 11 is 0. The lowest BCUT2D eigenvalue weighted by molar-refractivity contribution is -0.137. The summed E-state index contributed by atoms with van der Waals surface area (Å²) in [5.74, 6) is 0.297. The first kappa shape index (κ1) is 9.21. The molecule has 4 unspecified atom stereocenters. The minimum Gasteiger partial charge on any atom is -0.500 e. The van der Waals surface area contributed by atoms with Crippen molar-refractivity contribution in [3.05, 3.63) is 11.8 Å². The average Bonchev–Trinajstić information content (AvgIpc) is 2.81. The van der Waals surface area contributed by atoms with Crippen molar-refractivity contribution in [2.24, 2.45) is 11.8 Å². The van der Waals surface area contributed by atoms with E-state index in [0.717, 1.165) is 6.42 Å². The molecule has 4 heteroatoms. The summed E-state index contributed by atoms with van der Waals surface area (Å²) in [5, 5.41) is 0. The van der Waals surface area contributed by atoms with Crippen molar-refractivity contribution in [3.8, 4) is 0 Å². The molecule has 2 aliphatic heterocycles. The Kier molecular flexibility index (Phi) is 1.69. The zero-order valence-electron chi connectivity index (χ0n) is 8.86. The molecule has 4 atom stereocenters. The highest BCUT2D eigenvalue weighted by molar-refractivity contribution is 5.89. The number of esters is 1. The quantitative estimate of drug-likeness (QED) is 0.476. The second-order valence-electron chi connectivity index (χ2n) is 4.64. The first-order valence-corrected chi connectivity index (χ1v) is 5.24. The molecule has 4 nitrogen and oxygen atoms in total. The Morgan fingerprint density at radius 1 is 1.67 bits per heavy atom. The summed E-state index contributed by atoms with van der Waals surface area (Å²) in [7, 11) is 1.40. The largest absolute Gasteiger partial charge is 0.500 e.